The lowest BCUT2D eigenvalue weighted by Gasteiger charge is -2.08. The van der Waals surface area contributed by atoms with Crippen molar-refractivity contribution in [2.45, 2.75) is 6.92 Å². The Bertz CT molecular complexity index is 1420. The molecule has 0 aliphatic heterocycles. The molecule has 0 radical (unpaired) electrons. The van der Waals surface area contributed by atoms with Crippen molar-refractivity contribution in [1.29, 1.82) is 0 Å². The third kappa shape index (κ3) is 3.51. The van der Waals surface area contributed by atoms with Gasteiger partial charge in [-0.15, -0.1) is 0 Å². The smallest absolute Gasteiger partial charge is 0.339 e. The van der Waals surface area contributed by atoms with Gasteiger partial charge in [0.05, 0.1) is 40.3 Å². The van der Waals surface area contributed by atoms with E-state index in [1.807, 2.05) is 0 Å². The number of hydrogen-bond acceptors (Lipinski definition) is 10. The van der Waals surface area contributed by atoms with Gasteiger partial charge in [0, 0.05) is 0 Å². The number of furan rings is 1. The van der Waals surface area contributed by atoms with Crippen LogP contribution in [0.25, 0.3) is 33.6 Å². The van der Waals surface area contributed by atoms with Crippen molar-refractivity contribution in [1.82, 2.24) is 18.9 Å². The highest BCUT2D eigenvalue weighted by molar-refractivity contribution is 7.00. The quantitative estimate of drug-likeness (QED) is 0.411. The molecule has 31 heavy (non-hydrogen) atoms. The van der Waals surface area contributed by atoms with Crippen molar-refractivity contribution in [2.24, 2.45) is 0 Å². The molecule has 4 aromatic heterocycles. The molecule has 0 aliphatic carbocycles. The molecule has 1 N–H and O–H groups in total. The molecule has 154 valence electrons. The topological polar surface area (TPSA) is 133 Å². The van der Waals surface area contributed by atoms with Gasteiger partial charge in [0.25, 0.3) is 11.6 Å². The summed E-state index contributed by atoms with van der Waals surface area (Å²) in [5.41, 5.74) is 2.95. The summed E-state index contributed by atoms with van der Waals surface area (Å²) in [6.45, 7) is 1.20. The molecule has 0 aliphatic rings. The van der Waals surface area contributed by atoms with Gasteiger partial charge in [-0.05, 0) is 37.3 Å². The molecule has 5 rings (SSSR count). The minimum absolute atomic E-state index is 0.172. The molecule has 4 heterocycles. The lowest BCUT2D eigenvalue weighted by molar-refractivity contribution is -0.119. The van der Waals surface area contributed by atoms with Crippen LogP contribution in [0.5, 0.6) is 0 Å². The Morgan fingerprint density at radius 2 is 2.10 bits per heavy atom. The molecule has 0 unspecified atom stereocenters. The summed E-state index contributed by atoms with van der Waals surface area (Å²) in [4.78, 5) is 29.5. The van der Waals surface area contributed by atoms with E-state index in [-0.39, 0.29) is 11.3 Å². The first-order chi connectivity index (χ1) is 15.1. The fraction of sp³-hybridized carbons (Fsp3) is 0.100. The third-order valence-corrected chi connectivity index (χ3v) is 5.05. The first-order valence-corrected chi connectivity index (χ1v) is 9.82. The molecule has 0 fully saturated rings. The van der Waals surface area contributed by atoms with Crippen LogP contribution < -0.4 is 5.32 Å². The molecule has 1 amide bonds. The van der Waals surface area contributed by atoms with Crippen LogP contribution in [0.15, 0.2) is 51.6 Å². The van der Waals surface area contributed by atoms with Crippen molar-refractivity contribution < 1.29 is 23.3 Å². The number of carbonyl (C=O) groups is 2. The van der Waals surface area contributed by atoms with Gasteiger partial charge in [-0.3, -0.25) is 4.79 Å². The van der Waals surface area contributed by atoms with E-state index in [0.29, 0.717) is 39.3 Å². The van der Waals surface area contributed by atoms with E-state index < -0.39 is 18.5 Å². The lowest BCUT2D eigenvalue weighted by atomic mass is 10.1. The van der Waals surface area contributed by atoms with Gasteiger partial charge in [-0.2, -0.15) is 8.75 Å². The van der Waals surface area contributed by atoms with Crippen LogP contribution in [0.3, 0.4) is 0 Å². The number of nitrogens with zero attached hydrogens (tertiary/aromatic N) is 4. The van der Waals surface area contributed by atoms with E-state index in [4.69, 9.17) is 13.7 Å². The molecule has 0 saturated heterocycles. The molecule has 0 atom stereocenters. The van der Waals surface area contributed by atoms with Crippen LogP contribution in [-0.4, -0.2) is 37.4 Å². The maximum atomic E-state index is 12.8. The molecular weight excluding hydrogens is 422 g/mol. The van der Waals surface area contributed by atoms with E-state index >= 15 is 0 Å². The van der Waals surface area contributed by atoms with Crippen LogP contribution >= 0.6 is 11.7 Å². The number of aryl methyl sites for hydroxylation is 1. The number of nitrogens with one attached hydrogen (secondary N) is 1. The number of amides is 1. The number of fused-ring (bicyclic) bond motifs is 2. The van der Waals surface area contributed by atoms with Crippen molar-refractivity contribution in [2.75, 3.05) is 11.9 Å². The van der Waals surface area contributed by atoms with Gasteiger partial charge >= 0.3 is 5.97 Å². The largest absolute Gasteiger partial charge is 0.463 e. The second kappa shape index (κ2) is 7.61. The molecule has 0 bridgehead atoms. The second-order valence-electron chi connectivity index (χ2n) is 6.54. The summed E-state index contributed by atoms with van der Waals surface area (Å²) in [5, 5.41) is 6.97. The zero-order valence-electron chi connectivity index (χ0n) is 16.0. The van der Waals surface area contributed by atoms with Crippen LogP contribution in [0.1, 0.15) is 16.1 Å². The minimum Gasteiger partial charge on any atom is -0.463 e. The highest BCUT2D eigenvalue weighted by Crippen LogP contribution is 2.28. The van der Waals surface area contributed by atoms with Gasteiger partial charge in [0.1, 0.15) is 16.7 Å². The molecule has 10 nitrogen and oxygen atoms in total. The summed E-state index contributed by atoms with van der Waals surface area (Å²) in [6.07, 6.45) is 1.49. The molecular formula is C20H13N5O5S. The van der Waals surface area contributed by atoms with Crippen molar-refractivity contribution in [3.63, 3.8) is 0 Å². The number of rotatable bonds is 5. The summed E-state index contributed by atoms with van der Waals surface area (Å²) in [7, 11) is 0. The molecule has 0 saturated carbocycles. The molecule has 5 aromatic rings. The fourth-order valence-electron chi connectivity index (χ4n) is 3.11. The highest BCUT2D eigenvalue weighted by atomic mass is 32.1. The number of aromatic nitrogens is 4. The number of carbonyl (C=O) groups excluding carboxylic acids is 2. The predicted molar refractivity (Wildman–Crippen MR) is 111 cm³/mol. The fourth-order valence-corrected chi connectivity index (χ4v) is 3.66. The molecule has 11 heteroatoms. The number of ether oxygens (including phenoxy) is 1. The zero-order chi connectivity index (χ0) is 21.4. The van der Waals surface area contributed by atoms with Crippen LogP contribution in [0, 0.1) is 6.92 Å². The van der Waals surface area contributed by atoms with Gasteiger partial charge in [-0.25, -0.2) is 9.78 Å². The Kier molecular flexibility index (Phi) is 4.64. The Labute approximate surface area is 178 Å². The van der Waals surface area contributed by atoms with Crippen molar-refractivity contribution >= 4 is 51.4 Å². The predicted octanol–water partition coefficient (Wildman–Crippen LogP) is 3.59. The maximum absolute atomic E-state index is 12.8. The Hall–Kier alpha value is -4.12. The summed E-state index contributed by atoms with van der Waals surface area (Å²) < 4.78 is 24.1. The minimum atomic E-state index is -0.713. The van der Waals surface area contributed by atoms with Gasteiger partial charge in [0.2, 0.25) is 0 Å². The Balaban J connectivity index is 1.37. The number of anilines is 1. The molecule has 0 spiro atoms. The SMILES string of the molecule is Cc1noc2nc(-c3ccco3)cc(C(=O)OCC(=O)Nc3cccc4nsnc34)c12. The summed E-state index contributed by atoms with van der Waals surface area (Å²) in [5.74, 6) is -0.768. The first kappa shape index (κ1) is 18.9. The van der Waals surface area contributed by atoms with E-state index in [0.717, 1.165) is 11.7 Å². The first-order valence-electron chi connectivity index (χ1n) is 9.09. The molecule has 1 aromatic carbocycles. The number of esters is 1. The van der Waals surface area contributed by atoms with Crippen molar-refractivity contribution in [3.05, 3.63) is 53.9 Å². The Morgan fingerprint density at radius 1 is 1.19 bits per heavy atom. The summed E-state index contributed by atoms with van der Waals surface area (Å²) in [6, 6.07) is 10.2. The highest BCUT2D eigenvalue weighted by Gasteiger charge is 2.22. The van der Waals surface area contributed by atoms with Gasteiger partial charge in [0.15, 0.2) is 12.4 Å². The second-order valence-corrected chi connectivity index (χ2v) is 7.07. The number of pyridine rings is 1. The standard InChI is InChI=1S/C20H13N5O5S/c1-10-17-11(8-14(15-6-3-7-28-15)22-19(17)30-23-10)20(27)29-9-16(26)21-12-4-2-5-13-18(12)25-31-24-13/h2-8H,9H2,1H3,(H,21,26). The monoisotopic (exact) mass is 435 g/mol. The van der Waals surface area contributed by atoms with Gasteiger partial charge in [-0.1, -0.05) is 11.2 Å². The van der Waals surface area contributed by atoms with Crippen LogP contribution in [0.4, 0.5) is 5.69 Å². The van der Waals surface area contributed by atoms with Crippen molar-refractivity contribution in [3.8, 4) is 11.5 Å². The van der Waals surface area contributed by atoms with E-state index in [9.17, 15) is 9.59 Å². The van der Waals surface area contributed by atoms with Crippen LogP contribution in [-0.2, 0) is 9.53 Å². The zero-order valence-corrected chi connectivity index (χ0v) is 16.8. The average molecular weight is 435 g/mol. The average Bonchev–Trinajstić information content (AvgIpc) is 3.53. The van der Waals surface area contributed by atoms with E-state index in [2.05, 4.69) is 24.2 Å². The lowest BCUT2D eigenvalue weighted by Crippen LogP contribution is -2.21. The third-order valence-electron chi connectivity index (χ3n) is 4.51. The Morgan fingerprint density at radius 3 is 2.94 bits per heavy atom. The maximum Gasteiger partial charge on any atom is 0.339 e. The number of benzene rings is 1. The van der Waals surface area contributed by atoms with E-state index in [1.165, 1.54) is 12.3 Å². The summed E-state index contributed by atoms with van der Waals surface area (Å²) >= 11 is 1.05. The van der Waals surface area contributed by atoms with Crippen LogP contribution in [0.2, 0.25) is 0 Å². The van der Waals surface area contributed by atoms with E-state index in [1.54, 1.807) is 37.3 Å². The van der Waals surface area contributed by atoms with Gasteiger partial charge < -0.3 is 19.0 Å². The number of hydrogen-bond donors (Lipinski definition) is 1. The normalized spacial score (nSPS) is 11.1.